The summed E-state index contributed by atoms with van der Waals surface area (Å²) in [5.74, 6) is 0. The normalized spacial score (nSPS) is 11.6. The van der Waals surface area contributed by atoms with Gasteiger partial charge in [-0.3, -0.25) is 0 Å². The van der Waals surface area contributed by atoms with Crippen molar-refractivity contribution in [2.24, 2.45) is 0 Å². The molecule has 2 aliphatic rings. The van der Waals surface area contributed by atoms with E-state index >= 15 is 0 Å². The number of benzene rings is 3. The number of aromatic amines is 2. The van der Waals surface area contributed by atoms with E-state index in [1.54, 1.807) is 0 Å². The number of fused-ring (bicyclic) bond motifs is 10. The molecule has 8 bridgehead atoms. The van der Waals surface area contributed by atoms with E-state index in [0.717, 1.165) is 72.6 Å². The fourth-order valence-electron chi connectivity index (χ4n) is 5.48. The number of hydrogen-bond donors (Lipinski definition) is 2. The summed E-state index contributed by atoms with van der Waals surface area (Å²) < 4.78 is 10.0. The van der Waals surface area contributed by atoms with Gasteiger partial charge in [0.15, 0.2) is 24.0 Å². The topological polar surface area (TPSA) is 109 Å². The molecule has 5 aromatic heterocycles. The second kappa shape index (κ2) is 12.9. The van der Waals surface area contributed by atoms with Crippen LogP contribution in [0.4, 0.5) is 0 Å². The molecule has 0 saturated carbocycles. The van der Waals surface area contributed by atoms with Gasteiger partial charge in [0.1, 0.15) is 11.0 Å². The highest BCUT2D eigenvalue weighted by Crippen LogP contribution is 2.27. The number of rotatable bonds is 1. The second-order valence-corrected chi connectivity index (χ2v) is 11.1. The molecule has 0 saturated heterocycles. The van der Waals surface area contributed by atoms with Crippen molar-refractivity contribution in [2.75, 3.05) is 0 Å². The first-order chi connectivity index (χ1) is 23.7. The van der Waals surface area contributed by atoms with Gasteiger partial charge >= 0.3 is 0 Å². The van der Waals surface area contributed by atoms with E-state index in [-0.39, 0.29) is 0 Å². The highest BCUT2D eigenvalue weighted by molar-refractivity contribution is 5.88. The molecule has 8 nitrogen and oxygen atoms in total. The molecule has 0 aliphatic carbocycles. The average Bonchev–Trinajstić information content (AvgIpc) is 3.97. The van der Waals surface area contributed by atoms with E-state index in [9.17, 15) is 0 Å². The van der Waals surface area contributed by atoms with Crippen LogP contribution in [0, 0.1) is 0 Å². The predicted octanol–water partition coefficient (Wildman–Crippen LogP) is 9.98. The number of nitrogens with one attached hydrogen (secondary N) is 2. The lowest BCUT2D eigenvalue weighted by Gasteiger charge is -1.97. The summed E-state index contributed by atoms with van der Waals surface area (Å²) in [5.41, 5.74) is 13.6. The summed E-state index contributed by atoms with van der Waals surface area (Å²) in [4.78, 5) is 24.3. The van der Waals surface area contributed by atoms with Gasteiger partial charge in [0, 0.05) is 27.6 Å². The maximum Gasteiger partial charge on any atom is 0.181 e. The van der Waals surface area contributed by atoms with Crippen LogP contribution >= 0.6 is 0 Å². The minimum atomic E-state index is 0.845. The Balaban J connectivity index is 0.000000150. The summed E-state index contributed by atoms with van der Waals surface area (Å²) >= 11 is 0. The largest absolute Gasteiger partial charge is 0.443 e. The Kier molecular flexibility index (Phi) is 7.70. The van der Waals surface area contributed by atoms with Gasteiger partial charge in [0.2, 0.25) is 0 Å². The standard InChI is InChI=1S/C26H18N4.2C7H5NO/c1-2-4-17(5-3-1)25-15-24-14-22-9-8-20(28-22)12-18-6-7-19(27-18)13-21-10-11-23(29-21)16-26(25)30-24;2*1-2-4-7-6(3-1)8-5-9-7/h1-16,28,30H;2*1-5H. The van der Waals surface area contributed by atoms with Crippen LogP contribution in [0.5, 0.6) is 0 Å². The maximum absolute atomic E-state index is 5.01. The number of oxazole rings is 2. The molecule has 8 heteroatoms. The van der Waals surface area contributed by atoms with Crippen LogP contribution in [0.15, 0.2) is 143 Å². The van der Waals surface area contributed by atoms with Crippen LogP contribution in [0.25, 0.3) is 79.7 Å². The third kappa shape index (κ3) is 6.45. The molecule has 0 atom stereocenters. The minimum Gasteiger partial charge on any atom is -0.443 e. The summed E-state index contributed by atoms with van der Waals surface area (Å²) in [6.07, 6.45) is 11.0. The Hall–Kier alpha value is -6.80. The number of H-pyrrole nitrogens is 2. The molecule has 7 heterocycles. The quantitative estimate of drug-likeness (QED) is 0.188. The highest BCUT2D eigenvalue weighted by atomic mass is 16.3. The number of nitrogens with zero attached hydrogens (tertiary/aromatic N) is 4. The Morgan fingerprint density at radius 1 is 0.438 bits per heavy atom. The lowest BCUT2D eigenvalue weighted by Crippen LogP contribution is -1.78. The van der Waals surface area contributed by atoms with Gasteiger partial charge in [-0.2, -0.15) is 0 Å². The van der Waals surface area contributed by atoms with Crippen molar-refractivity contribution < 1.29 is 8.83 Å². The van der Waals surface area contributed by atoms with Crippen molar-refractivity contribution in [3.63, 3.8) is 0 Å². The molecule has 0 spiro atoms. The molecule has 2 N–H and O–H groups in total. The van der Waals surface area contributed by atoms with E-state index in [1.165, 1.54) is 18.4 Å². The van der Waals surface area contributed by atoms with Gasteiger partial charge in [-0.15, -0.1) is 0 Å². The number of aromatic nitrogens is 6. The summed E-state index contributed by atoms with van der Waals surface area (Å²) in [6, 6.07) is 40.4. The maximum atomic E-state index is 5.01. The first kappa shape index (κ1) is 28.7. The Morgan fingerprint density at radius 3 is 1.60 bits per heavy atom. The van der Waals surface area contributed by atoms with Crippen LogP contribution in [0.3, 0.4) is 0 Å². The van der Waals surface area contributed by atoms with E-state index in [2.05, 4.69) is 79.5 Å². The van der Waals surface area contributed by atoms with Gasteiger partial charge in [0.25, 0.3) is 0 Å². The molecule has 3 aromatic carbocycles. The number of hydrogen-bond acceptors (Lipinski definition) is 6. The predicted molar refractivity (Wildman–Crippen MR) is 192 cm³/mol. The fourth-order valence-corrected chi connectivity index (χ4v) is 5.48. The molecular formula is C40H28N6O2. The minimum absolute atomic E-state index is 0.845. The third-order valence-electron chi connectivity index (χ3n) is 7.73. The highest BCUT2D eigenvalue weighted by Gasteiger charge is 2.06. The van der Waals surface area contributed by atoms with Crippen LogP contribution in [0.2, 0.25) is 0 Å². The molecule has 10 rings (SSSR count). The monoisotopic (exact) mass is 624 g/mol. The number of para-hydroxylation sites is 4. The van der Waals surface area contributed by atoms with Gasteiger partial charge in [-0.25, -0.2) is 19.9 Å². The first-order valence-electron chi connectivity index (χ1n) is 15.4. The zero-order chi connectivity index (χ0) is 32.1. The Labute approximate surface area is 274 Å². The molecule has 0 fully saturated rings. The van der Waals surface area contributed by atoms with Crippen molar-refractivity contribution in [3.8, 4) is 11.1 Å². The van der Waals surface area contributed by atoms with Gasteiger partial charge in [-0.1, -0.05) is 54.6 Å². The van der Waals surface area contributed by atoms with Crippen LogP contribution in [-0.4, -0.2) is 29.9 Å². The Bertz CT molecular complexity index is 2460. The van der Waals surface area contributed by atoms with Gasteiger partial charge < -0.3 is 18.8 Å². The van der Waals surface area contributed by atoms with Crippen molar-refractivity contribution >= 4 is 68.6 Å². The third-order valence-corrected chi connectivity index (χ3v) is 7.73. The molecule has 0 amide bonds. The van der Waals surface area contributed by atoms with Crippen molar-refractivity contribution in [3.05, 3.63) is 157 Å². The summed E-state index contributed by atoms with van der Waals surface area (Å²) in [7, 11) is 0. The van der Waals surface area contributed by atoms with Crippen LogP contribution in [-0.2, 0) is 0 Å². The van der Waals surface area contributed by atoms with E-state index in [4.69, 9.17) is 13.8 Å². The second-order valence-electron chi connectivity index (χ2n) is 11.1. The molecule has 0 radical (unpaired) electrons. The molecule has 0 unspecified atom stereocenters. The van der Waals surface area contributed by atoms with Crippen LogP contribution < -0.4 is 0 Å². The lowest BCUT2D eigenvalue weighted by atomic mass is 10.1. The van der Waals surface area contributed by atoms with Crippen molar-refractivity contribution in [1.29, 1.82) is 0 Å². The molecule has 230 valence electrons. The zero-order valence-corrected chi connectivity index (χ0v) is 25.6. The van der Waals surface area contributed by atoms with Gasteiger partial charge in [-0.05, 0) is 96.6 Å². The zero-order valence-electron chi connectivity index (χ0n) is 25.6. The molecular weight excluding hydrogens is 596 g/mol. The molecule has 48 heavy (non-hydrogen) atoms. The van der Waals surface area contributed by atoms with Crippen molar-refractivity contribution in [1.82, 2.24) is 29.9 Å². The molecule has 8 aromatic rings. The SMILES string of the molecule is C1=Cc2cc3ccc(cc4cc(-c5ccccc5)c(cc5nc(cc1n2)C=C5)[nH]4)[nH]3.c1ccc2ocnc2c1.c1ccc2ocnc2c1. The first-order valence-corrected chi connectivity index (χ1v) is 15.4. The lowest BCUT2D eigenvalue weighted by molar-refractivity contribution is 0.602. The van der Waals surface area contributed by atoms with Crippen LogP contribution in [0.1, 0.15) is 22.8 Å². The van der Waals surface area contributed by atoms with Gasteiger partial charge in [0.05, 0.1) is 22.8 Å². The van der Waals surface area contributed by atoms with E-state index < -0.39 is 0 Å². The van der Waals surface area contributed by atoms with E-state index in [1.807, 2.05) is 91.0 Å². The van der Waals surface area contributed by atoms with E-state index in [0.29, 0.717) is 0 Å². The van der Waals surface area contributed by atoms with Crippen molar-refractivity contribution in [2.45, 2.75) is 0 Å². The molecule has 2 aliphatic heterocycles. The average molecular weight is 625 g/mol. The fraction of sp³-hybridized carbons (Fsp3) is 0. The Morgan fingerprint density at radius 2 is 0.979 bits per heavy atom. The summed E-state index contributed by atoms with van der Waals surface area (Å²) in [5, 5.41) is 0. The summed E-state index contributed by atoms with van der Waals surface area (Å²) in [6.45, 7) is 0. The smallest absolute Gasteiger partial charge is 0.181 e.